The highest BCUT2D eigenvalue weighted by atomic mass is 16.5. The Morgan fingerprint density at radius 3 is 2.48 bits per heavy atom. The van der Waals surface area contributed by atoms with E-state index in [-0.39, 0.29) is 5.97 Å². The van der Waals surface area contributed by atoms with E-state index < -0.39 is 0 Å². The van der Waals surface area contributed by atoms with Gasteiger partial charge in [0, 0.05) is 0 Å². The topological polar surface area (TPSA) is 35.5 Å². The summed E-state index contributed by atoms with van der Waals surface area (Å²) in [6.45, 7) is 2.02. The third-order valence-electron chi connectivity index (χ3n) is 3.28. The van der Waals surface area contributed by atoms with Crippen LogP contribution in [0.25, 0.3) is 17.2 Å². The average Bonchev–Trinajstić information content (AvgIpc) is 2.52. The number of carbonyl (C=O) groups is 1. The van der Waals surface area contributed by atoms with Crippen LogP contribution in [0.2, 0.25) is 0 Å². The molecule has 108 valence electrons. The van der Waals surface area contributed by atoms with Crippen molar-refractivity contribution in [2.75, 3.05) is 14.2 Å². The maximum Gasteiger partial charge on any atom is 0.338 e. The molecule has 0 saturated heterocycles. The molecule has 3 heteroatoms. The summed E-state index contributed by atoms with van der Waals surface area (Å²) in [6.07, 6.45) is 3.46. The first kappa shape index (κ1) is 14.9. The van der Waals surface area contributed by atoms with Gasteiger partial charge in [0.25, 0.3) is 0 Å². The third kappa shape index (κ3) is 3.31. The van der Waals surface area contributed by atoms with Gasteiger partial charge in [-0.1, -0.05) is 30.3 Å². The van der Waals surface area contributed by atoms with Gasteiger partial charge in [-0.3, -0.25) is 0 Å². The quantitative estimate of drug-likeness (QED) is 0.626. The fraction of sp³-hybridized carbons (Fsp3) is 0.167. The van der Waals surface area contributed by atoms with E-state index in [1.165, 1.54) is 7.11 Å². The van der Waals surface area contributed by atoms with E-state index in [2.05, 4.69) is 0 Å². The lowest BCUT2D eigenvalue weighted by molar-refractivity contribution is 0.0601. The fourth-order valence-electron chi connectivity index (χ4n) is 2.20. The molecule has 0 spiro atoms. The summed E-state index contributed by atoms with van der Waals surface area (Å²) in [6, 6.07) is 13.6. The number of ether oxygens (including phenoxy) is 2. The van der Waals surface area contributed by atoms with Crippen molar-refractivity contribution in [3.05, 3.63) is 65.4 Å². The van der Waals surface area contributed by atoms with E-state index >= 15 is 0 Å². The van der Waals surface area contributed by atoms with Crippen LogP contribution in [0.1, 0.15) is 21.5 Å². The van der Waals surface area contributed by atoms with E-state index in [0.29, 0.717) is 5.56 Å². The zero-order valence-corrected chi connectivity index (χ0v) is 12.4. The number of esters is 1. The van der Waals surface area contributed by atoms with Crippen LogP contribution in [0, 0.1) is 6.92 Å². The summed E-state index contributed by atoms with van der Waals surface area (Å²) >= 11 is 0. The predicted octanol–water partition coefficient (Wildman–Crippen LogP) is 4.07. The van der Waals surface area contributed by atoms with E-state index in [9.17, 15) is 4.79 Å². The number of carbonyl (C=O) groups excluding carboxylic acids is 1. The van der Waals surface area contributed by atoms with E-state index in [4.69, 9.17) is 9.47 Å². The van der Waals surface area contributed by atoms with Gasteiger partial charge in [0.15, 0.2) is 0 Å². The molecule has 0 saturated carbocycles. The third-order valence-corrected chi connectivity index (χ3v) is 3.28. The summed E-state index contributed by atoms with van der Waals surface area (Å²) in [4.78, 5) is 12.0. The Balaban J connectivity index is 2.61. The molecule has 2 aromatic rings. The molecule has 0 aliphatic carbocycles. The predicted molar refractivity (Wildman–Crippen MR) is 84.0 cm³/mol. The largest absolute Gasteiger partial charge is 0.504 e. The molecule has 3 nitrogen and oxygen atoms in total. The van der Waals surface area contributed by atoms with Crippen LogP contribution < -0.4 is 0 Å². The second-order valence-corrected chi connectivity index (χ2v) is 4.65. The minimum absolute atomic E-state index is 0.337. The van der Waals surface area contributed by atoms with Crippen molar-refractivity contribution >= 4 is 12.0 Å². The first-order valence-corrected chi connectivity index (χ1v) is 6.65. The normalized spacial score (nSPS) is 10.6. The Morgan fingerprint density at radius 1 is 1.05 bits per heavy atom. The average molecular weight is 282 g/mol. The fourth-order valence-corrected chi connectivity index (χ4v) is 2.20. The van der Waals surface area contributed by atoms with Crippen molar-refractivity contribution in [2.24, 2.45) is 0 Å². The molecular weight excluding hydrogens is 264 g/mol. The minimum Gasteiger partial charge on any atom is -0.504 e. The Morgan fingerprint density at radius 2 is 1.81 bits per heavy atom. The number of benzene rings is 2. The highest BCUT2D eigenvalue weighted by Gasteiger charge is 2.14. The number of rotatable bonds is 4. The molecule has 0 aliphatic heterocycles. The van der Waals surface area contributed by atoms with E-state index in [0.717, 1.165) is 22.3 Å². The summed E-state index contributed by atoms with van der Waals surface area (Å²) in [5.41, 5.74) is 4.50. The van der Waals surface area contributed by atoms with Gasteiger partial charge < -0.3 is 9.47 Å². The molecule has 0 aromatic heterocycles. The monoisotopic (exact) mass is 282 g/mol. The Hall–Kier alpha value is -2.55. The van der Waals surface area contributed by atoms with Gasteiger partial charge in [-0.15, -0.1) is 0 Å². The molecule has 0 fully saturated rings. The van der Waals surface area contributed by atoms with Crippen molar-refractivity contribution in [3.8, 4) is 11.1 Å². The van der Waals surface area contributed by atoms with Gasteiger partial charge in [0.2, 0.25) is 0 Å². The first-order chi connectivity index (χ1) is 10.2. The van der Waals surface area contributed by atoms with Crippen molar-refractivity contribution in [2.45, 2.75) is 6.92 Å². The van der Waals surface area contributed by atoms with Gasteiger partial charge in [0.1, 0.15) is 0 Å². The Kier molecular flexibility index (Phi) is 4.77. The highest BCUT2D eigenvalue weighted by Crippen LogP contribution is 2.29. The molecule has 0 N–H and O–H groups in total. The van der Waals surface area contributed by atoms with Crippen LogP contribution in [0.5, 0.6) is 0 Å². The summed E-state index contributed by atoms with van der Waals surface area (Å²) in [7, 11) is 2.99. The zero-order chi connectivity index (χ0) is 15.2. The van der Waals surface area contributed by atoms with Crippen molar-refractivity contribution in [3.63, 3.8) is 0 Å². The van der Waals surface area contributed by atoms with Crippen molar-refractivity contribution < 1.29 is 14.3 Å². The number of hydrogen-bond acceptors (Lipinski definition) is 3. The number of aryl methyl sites for hydroxylation is 1. The van der Waals surface area contributed by atoms with Crippen LogP contribution in [0.15, 0.2) is 48.7 Å². The lowest BCUT2D eigenvalue weighted by atomic mass is 9.94. The number of methoxy groups -OCH3 is 2. The van der Waals surface area contributed by atoms with Gasteiger partial charge in [0.05, 0.1) is 26.0 Å². The van der Waals surface area contributed by atoms with Crippen LogP contribution in [-0.4, -0.2) is 20.2 Å². The summed E-state index contributed by atoms with van der Waals surface area (Å²) in [5, 5.41) is 0. The van der Waals surface area contributed by atoms with Crippen LogP contribution in [0.4, 0.5) is 0 Å². The molecule has 21 heavy (non-hydrogen) atoms. The van der Waals surface area contributed by atoms with E-state index in [1.807, 2.05) is 49.4 Å². The van der Waals surface area contributed by atoms with Crippen LogP contribution in [0.3, 0.4) is 0 Å². The standard InChI is InChI=1S/C18H18O3/c1-13-6-4-5-7-15(13)17-12-14(10-11-20-2)8-9-16(17)18(19)21-3/h4-12H,1-3H3/b11-10+. The molecule has 2 rings (SSSR count). The molecule has 0 heterocycles. The SMILES string of the molecule is CO/C=C/c1ccc(C(=O)OC)c(-c2ccccc2C)c1. The molecule has 0 radical (unpaired) electrons. The second kappa shape index (κ2) is 6.75. The maximum atomic E-state index is 12.0. The molecule has 0 atom stereocenters. The lowest BCUT2D eigenvalue weighted by Gasteiger charge is -2.11. The minimum atomic E-state index is -0.337. The van der Waals surface area contributed by atoms with Gasteiger partial charge in [-0.2, -0.15) is 0 Å². The molecule has 2 aromatic carbocycles. The highest BCUT2D eigenvalue weighted by molar-refractivity contribution is 5.98. The second-order valence-electron chi connectivity index (χ2n) is 4.65. The van der Waals surface area contributed by atoms with Gasteiger partial charge in [-0.05, 0) is 47.4 Å². The Labute approximate surface area is 124 Å². The molecular formula is C18H18O3. The zero-order valence-electron chi connectivity index (χ0n) is 12.4. The van der Waals surface area contributed by atoms with Gasteiger partial charge >= 0.3 is 5.97 Å². The smallest absolute Gasteiger partial charge is 0.338 e. The van der Waals surface area contributed by atoms with Gasteiger partial charge in [-0.25, -0.2) is 4.79 Å². The maximum absolute atomic E-state index is 12.0. The van der Waals surface area contributed by atoms with Crippen LogP contribution >= 0.6 is 0 Å². The summed E-state index contributed by atoms with van der Waals surface area (Å²) < 4.78 is 9.82. The molecule has 0 bridgehead atoms. The van der Waals surface area contributed by atoms with Crippen molar-refractivity contribution in [1.82, 2.24) is 0 Å². The lowest BCUT2D eigenvalue weighted by Crippen LogP contribution is -2.04. The molecule has 0 unspecified atom stereocenters. The first-order valence-electron chi connectivity index (χ1n) is 6.65. The summed E-state index contributed by atoms with van der Waals surface area (Å²) in [5.74, 6) is -0.337. The Bertz CT molecular complexity index is 672. The van der Waals surface area contributed by atoms with Crippen LogP contribution in [-0.2, 0) is 9.47 Å². The molecule has 0 aliphatic rings. The van der Waals surface area contributed by atoms with E-state index in [1.54, 1.807) is 19.4 Å². The number of hydrogen-bond donors (Lipinski definition) is 0. The molecule has 0 amide bonds. The van der Waals surface area contributed by atoms with Crippen molar-refractivity contribution in [1.29, 1.82) is 0 Å².